The van der Waals surface area contributed by atoms with Gasteiger partial charge in [0.25, 0.3) is 5.56 Å². The first-order chi connectivity index (χ1) is 18.2. The standard InChI is InChI=1S/C26H21BrCl2N4O5/c1-3-24-31-21-8-6-17(27)11-19(21)26(34)32(24)30-13-15-9-22(33(35)36)25(23(10-15)37-4-2)38-14-16-5-7-18(28)12-20(16)29/h5-13H,3-4,14H2,1-2H3. The number of benzene rings is 3. The van der Waals surface area contributed by atoms with Crippen LogP contribution >= 0.6 is 39.1 Å². The van der Waals surface area contributed by atoms with Crippen molar-refractivity contribution in [2.45, 2.75) is 26.9 Å². The molecule has 0 amide bonds. The van der Waals surface area contributed by atoms with Gasteiger partial charge < -0.3 is 9.47 Å². The van der Waals surface area contributed by atoms with Gasteiger partial charge in [-0.15, -0.1) is 0 Å². The number of hydrogen-bond acceptors (Lipinski definition) is 7. The smallest absolute Gasteiger partial charge is 0.315 e. The molecule has 0 aliphatic rings. The first-order valence-corrected chi connectivity index (χ1v) is 13.0. The van der Waals surface area contributed by atoms with Gasteiger partial charge in [-0.2, -0.15) is 9.78 Å². The number of nitrogens with zero attached hydrogens (tertiary/aromatic N) is 4. The Morgan fingerprint density at radius 3 is 2.61 bits per heavy atom. The number of aryl methyl sites for hydroxylation is 1. The monoisotopic (exact) mass is 618 g/mol. The van der Waals surface area contributed by atoms with E-state index in [9.17, 15) is 14.9 Å². The molecule has 0 saturated heterocycles. The summed E-state index contributed by atoms with van der Waals surface area (Å²) in [5.74, 6) is 0.543. The SMILES string of the molecule is CCOc1cc(C=Nn2c(CC)nc3ccc(Br)cc3c2=O)cc([N+](=O)[O-])c1OCc1ccc(Cl)cc1Cl. The van der Waals surface area contributed by atoms with E-state index in [1.165, 1.54) is 17.0 Å². The topological polar surface area (TPSA) is 109 Å². The Hall–Kier alpha value is -3.47. The first-order valence-electron chi connectivity index (χ1n) is 11.5. The average molecular weight is 620 g/mol. The van der Waals surface area contributed by atoms with Gasteiger partial charge in [0.15, 0.2) is 5.75 Å². The fraction of sp³-hybridized carbons (Fsp3) is 0.192. The lowest BCUT2D eigenvalue weighted by Gasteiger charge is -2.14. The van der Waals surface area contributed by atoms with Crippen molar-refractivity contribution in [1.82, 2.24) is 9.66 Å². The highest BCUT2D eigenvalue weighted by atomic mass is 79.9. The average Bonchev–Trinajstić information content (AvgIpc) is 2.88. The van der Waals surface area contributed by atoms with Crippen LogP contribution in [-0.2, 0) is 13.0 Å². The van der Waals surface area contributed by atoms with Gasteiger partial charge in [-0.05, 0) is 43.3 Å². The number of aromatic nitrogens is 2. The Morgan fingerprint density at radius 1 is 1.13 bits per heavy atom. The Morgan fingerprint density at radius 2 is 1.92 bits per heavy atom. The minimum Gasteiger partial charge on any atom is -0.490 e. The summed E-state index contributed by atoms with van der Waals surface area (Å²) in [6.45, 7) is 3.80. The number of fused-ring (bicyclic) bond motifs is 1. The summed E-state index contributed by atoms with van der Waals surface area (Å²) in [5.41, 5.74) is 0.800. The van der Waals surface area contributed by atoms with Crippen LogP contribution in [0.1, 0.15) is 30.8 Å². The van der Waals surface area contributed by atoms with Gasteiger partial charge in [0.1, 0.15) is 12.4 Å². The van der Waals surface area contributed by atoms with Crippen molar-refractivity contribution >= 4 is 61.9 Å². The first kappa shape index (κ1) is 27.6. The van der Waals surface area contributed by atoms with Crippen LogP contribution in [0, 0.1) is 10.1 Å². The summed E-state index contributed by atoms with van der Waals surface area (Å²) in [6.07, 6.45) is 1.80. The van der Waals surface area contributed by atoms with Crippen molar-refractivity contribution in [1.29, 1.82) is 0 Å². The van der Waals surface area contributed by atoms with E-state index in [4.69, 9.17) is 32.7 Å². The maximum absolute atomic E-state index is 13.2. The summed E-state index contributed by atoms with van der Waals surface area (Å²) in [5, 5.41) is 17.5. The molecule has 4 rings (SSSR count). The van der Waals surface area contributed by atoms with Gasteiger partial charge in [-0.1, -0.05) is 52.1 Å². The van der Waals surface area contributed by atoms with Crippen molar-refractivity contribution in [3.63, 3.8) is 0 Å². The van der Waals surface area contributed by atoms with Gasteiger partial charge in [0.05, 0.1) is 28.6 Å². The molecule has 4 aromatic rings. The van der Waals surface area contributed by atoms with Gasteiger partial charge >= 0.3 is 5.69 Å². The van der Waals surface area contributed by atoms with Gasteiger partial charge in [0, 0.05) is 38.1 Å². The summed E-state index contributed by atoms with van der Waals surface area (Å²) in [7, 11) is 0. The molecular weight excluding hydrogens is 599 g/mol. The molecule has 38 heavy (non-hydrogen) atoms. The van der Waals surface area contributed by atoms with Crippen LogP contribution in [-0.4, -0.2) is 27.4 Å². The Bertz CT molecular complexity index is 1620. The molecule has 0 atom stereocenters. The zero-order valence-corrected chi connectivity index (χ0v) is 23.4. The predicted molar refractivity (Wildman–Crippen MR) is 151 cm³/mol. The summed E-state index contributed by atoms with van der Waals surface area (Å²) < 4.78 is 13.4. The zero-order valence-electron chi connectivity index (χ0n) is 20.3. The minimum atomic E-state index is -0.572. The van der Waals surface area contributed by atoms with Crippen LogP contribution in [0.3, 0.4) is 0 Å². The number of nitro benzene ring substituents is 1. The van der Waals surface area contributed by atoms with E-state index < -0.39 is 4.92 Å². The third kappa shape index (κ3) is 5.98. The van der Waals surface area contributed by atoms with Crippen molar-refractivity contribution in [2.75, 3.05) is 6.61 Å². The number of hydrogen-bond donors (Lipinski definition) is 0. The third-order valence-electron chi connectivity index (χ3n) is 5.46. The molecule has 0 fully saturated rings. The molecule has 0 N–H and O–H groups in total. The molecule has 3 aromatic carbocycles. The molecule has 0 spiro atoms. The number of halogens is 3. The third-order valence-corrected chi connectivity index (χ3v) is 6.54. The molecular formula is C26H21BrCl2N4O5. The number of ether oxygens (including phenoxy) is 2. The summed E-state index contributed by atoms with van der Waals surface area (Å²) in [6, 6.07) is 13.0. The lowest BCUT2D eigenvalue weighted by molar-refractivity contribution is -0.386. The highest BCUT2D eigenvalue weighted by Gasteiger charge is 2.23. The second-order valence-electron chi connectivity index (χ2n) is 7.99. The lowest BCUT2D eigenvalue weighted by Crippen LogP contribution is -2.22. The zero-order chi connectivity index (χ0) is 27.4. The van der Waals surface area contributed by atoms with E-state index in [1.54, 1.807) is 49.4 Å². The molecule has 1 aromatic heterocycles. The van der Waals surface area contributed by atoms with Crippen LogP contribution in [0.5, 0.6) is 11.5 Å². The van der Waals surface area contributed by atoms with E-state index in [0.29, 0.717) is 44.3 Å². The molecule has 0 unspecified atom stereocenters. The van der Waals surface area contributed by atoms with Crippen LogP contribution < -0.4 is 15.0 Å². The maximum atomic E-state index is 13.2. The highest BCUT2D eigenvalue weighted by molar-refractivity contribution is 9.10. The molecule has 9 nitrogen and oxygen atoms in total. The molecule has 0 aliphatic heterocycles. The van der Waals surface area contributed by atoms with Crippen LogP contribution in [0.15, 0.2) is 62.9 Å². The highest BCUT2D eigenvalue weighted by Crippen LogP contribution is 2.39. The summed E-state index contributed by atoms with van der Waals surface area (Å²) in [4.78, 5) is 29.1. The normalized spacial score (nSPS) is 11.3. The Balaban J connectivity index is 1.75. The van der Waals surface area contributed by atoms with E-state index in [1.807, 2.05) is 6.92 Å². The van der Waals surface area contributed by atoms with Crippen molar-refractivity contribution < 1.29 is 14.4 Å². The second kappa shape index (κ2) is 11.9. The Kier molecular flexibility index (Phi) is 8.65. The molecule has 0 saturated carbocycles. The van der Waals surface area contributed by atoms with E-state index in [2.05, 4.69) is 26.0 Å². The van der Waals surface area contributed by atoms with E-state index in [0.717, 1.165) is 4.47 Å². The largest absolute Gasteiger partial charge is 0.490 e. The number of rotatable bonds is 9. The quantitative estimate of drug-likeness (QED) is 0.116. The van der Waals surface area contributed by atoms with Gasteiger partial charge in [-0.25, -0.2) is 4.98 Å². The second-order valence-corrected chi connectivity index (χ2v) is 9.75. The molecule has 0 aliphatic carbocycles. The molecule has 196 valence electrons. The Labute approximate surface area is 235 Å². The summed E-state index contributed by atoms with van der Waals surface area (Å²) >= 11 is 15.5. The lowest BCUT2D eigenvalue weighted by atomic mass is 10.1. The van der Waals surface area contributed by atoms with E-state index >= 15 is 0 Å². The maximum Gasteiger partial charge on any atom is 0.315 e. The van der Waals surface area contributed by atoms with Crippen LogP contribution in [0.2, 0.25) is 10.0 Å². The van der Waals surface area contributed by atoms with Crippen LogP contribution in [0.4, 0.5) is 5.69 Å². The predicted octanol–water partition coefficient (Wildman–Crippen LogP) is 6.80. The fourth-order valence-corrected chi connectivity index (χ4v) is 4.51. The van der Waals surface area contributed by atoms with Gasteiger partial charge in [-0.3, -0.25) is 14.9 Å². The number of nitro groups is 1. The van der Waals surface area contributed by atoms with E-state index in [-0.39, 0.29) is 36.0 Å². The van der Waals surface area contributed by atoms with Crippen molar-refractivity contribution in [2.24, 2.45) is 5.10 Å². The van der Waals surface area contributed by atoms with Crippen molar-refractivity contribution in [3.8, 4) is 11.5 Å². The fourth-order valence-electron chi connectivity index (χ4n) is 3.68. The molecule has 12 heteroatoms. The van der Waals surface area contributed by atoms with Crippen LogP contribution in [0.25, 0.3) is 10.9 Å². The minimum absolute atomic E-state index is 0.0437. The van der Waals surface area contributed by atoms with Gasteiger partial charge in [0.2, 0.25) is 5.75 Å². The van der Waals surface area contributed by atoms with Crippen molar-refractivity contribution in [3.05, 3.63) is 100 Å². The molecule has 0 bridgehead atoms. The molecule has 0 radical (unpaired) electrons. The molecule has 1 heterocycles.